The van der Waals surface area contributed by atoms with Gasteiger partial charge in [-0.1, -0.05) is 5.16 Å². The molecule has 0 saturated heterocycles. The Morgan fingerprint density at radius 3 is 2.58 bits per heavy atom. The van der Waals surface area contributed by atoms with Crippen molar-refractivity contribution in [2.45, 2.75) is 11.5 Å². The molecule has 0 saturated carbocycles. The van der Waals surface area contributed by atoms with E-state index in [1.807, 2.05) is 0 Å². The average Bonchev–Trinajstić information content (AvgIpc) is 3.10. The highest BCUT2D eigenvalue weighted by Gasteiger charge is 2.13. The lowest BCUT2D eigenvalue weighted by molar-refractivity contribution is -0.142. The first-order valence-electron chi connectivity index (χ1n) is 7.33. The van der Waals surface area contributed by atoms with Crippen molar-refractivity contribution >= 4 is 17.7 Å². The minimum absolute atomic E-state index is 0.0123. The number of benzene rings is 2. The van der Waals surface area contributed by atoms with Gasteiger partial charge in [-0.25, -0.2) is 13.2 Å². The van der Waals surface area contributed by atoms with Crippen LogP contribution in [0, 0.1) is 17.5 Å². The zero-order valence-corrected chi connectivity index (χ0v) is 13.9. The van der Waals surface area contributed by atoms with Gasteiger partial charge in [-0.15, -0.1) is 11.8 Å². The van der Waals surface area contributed by atoms with E-state index >= 15 is 0 Å². The third kappa shape index (κ3) is 4.63. The number of rotatable bonds is 6. The van der Waals surface area contributed by atoms with E-state index in [0.717, 1.165) is 30.0 Å². The highest BCUT2D eigenvalue weighted by molar-refractivity contribution is 8.00. The Morgan fingerprint density at radius 1 is 1.08 bits per heavy atom. The van der Waals surface area contributed by atoms with E-state index in [4.69, 9.17) is 9.26 Å². The molecular weight excluding hydrogens is 369 g/mol. The molecule has 0 spiro atoms. The SMILES string of the molecule is O=C(CSc1cc(F)ccc1F)OCc1nc(-c2ccc(F)cc2)no1. The highest BCUT2D eigenvalue weighted by Crippen LogP contribution is 2.23. The molecular formula is C17H11F3N2O3S. The first kappa shape index (κ1) is 18.0. The number of thioether (sulfide) groups is 1. The van der Waals surface area contributed by atoms with Crippen LogP contribution in [0.4, 0.5) is 13.2 Å². The van der Waals surface area contributed by atoms with E-state index in [2.05, 4.69) is 10.1 Å². The van der Waals surface area contributed by atoms with Crippen molar-refractivity contribution in [3.8, 4) is 11.4 Å². The molecule has 0 radical (unpaired) electrons. The van der Waals surface area contributed by atoms with E-state index in [1.165, 1.54) is 24.3 Å². The Morgan fingerprint density at radius 2 is 1.81 bits per heavy atom. The Labute approximate surface area is 150 Å². The van der Waals surface area contributed by atoms with Gasteiger partial charge in [-0.05, 0) is 42.5 Å². The molecule has 0 unspecified atom stereocenters. The Bertz CT molecular complexity index is 916. The summed E-state index contributed by atoms with van der Waals surface area (Å²) in [5.41, 5.74) is 0.546. The van der Waals surface area contributed by atoms with Crippen LogP contribution in [0.1, 0.15) is 5.89 Å². The van der Waals surface area contributed by atoms with Gasteiger partial charge in [0.25, 0.3) is 5.89 Å². The molecule has 1 heterocycles. The summed E-state index contributed by atoms with van der Waals surface area (Å²) < 4.78 is 49.3. The smallest absolute Gasteiger partial charge is 0.316 e. The number of halogens is 3. The summed E-state index contributed by atoms with van der Waals surface area (Å²) in [5, 5.41) is 3.71. The fraction of sp³-hybridized carbons (Fsp3) is 0.118. The van der Waals surface area contributed by atoms with Gasteiger partial charge in [0, 0.05) is 10.5 Å². The van der Waals surface area contributed by atoms with Gasteiger partial charge in [0.1, 0.15) is 17.5 Å². The minimum atomic E-state index is -0.653. The van der Waals surface area contributed by atoms with Gasteiger partial charge >= 0.3 is 5.97 Å². The molecule has 0 amide bonds. The predicted octanol–water partition coefficient (Wildman–Crippen LogP) is 3.99. The molecule has 3 rings (SSSR count). The number of aromatic nitrogens is 2. The van der Waals surface area contributed by atoms with Crippen LogP contribution in [0.15, 0.2) is 51.9 Å². The molecule has 0 aliphatic rings. The second-order valence-electron chi connectivity index (χ2n) is 5.04. The fourth-order valence-electron chi connectivity index (χ4n) is 1.94. The maximum absolute atomic E-state index is 13.5. The van der Waals surface area contributed by atoms with Gasteiger partial charge in [-0.2, -0.15) is 4.98 Å². The quantitative estimate of drug-likeness (QED) is 0.476. The van der Waals surface area contributed by atoms with E-state index in [1.54, 1.807) is 0 Å². The molecule has 0 aliphatic heterocycles. The van der Waals surface area contributed by atoms with E-state index in [-0.39, 0.29) is 29.0 Å². The third-order valence-electron chi connectivity index (χ3n) is 3.17. The van der Waals surface area contributed by atoms with Crippen LogP contribution in [0.2, 0.25) is 0 Å². The highest BCUT2D eigenvalue weighted by atomic mass is 32.2. The molecule has 5 nitrogen and oxygen atoms in total. The second-order valence-corrected chi connectivity index (χ2v) is 6.06. The molecule has 2 aromatic carbocycles. The van der Waals surface area contributed by atoms with Crippen LogP contribution < -0.4 is 0 Å². The van der Waals surface area contributed by atoms with Crippen LogP contribution in [-0.2, 0) is 16.1 Å². The Kier molecular flexibility index (Phi) is 5.57. The summed E-state index contributed by atoms with van der Waals surface area (Å²) in [6, 6.07) is 8.47. The Balaban J connectivity index is 1.52. The largest absolute Gasteiger partial charge is 0.455 e. The topological polar surface area (TPSA) is 65.2 Å². The maximum Gasteiger partial charge on any atom is 0.316 e. The van der Waals surface area contributed by atoms with Crippen molar-refractivity contribution in [2.75, 3.05) is 5.75 Å². The number of ether oxygens (including phenoxy) is 1. The molecule has 0 aliphatic carbocycles. The predicted molar refractivity (Wildman–Crippen MR) is 86.6 cm³/mol. The van der Waals surface area contributed by atoms with Crippen molar-refractivity contribution < 1.29 is 27.2 Å². The summed E-state index contributed by atoms with van der Waals surface area (Å²) in [6.45, 7) is -0.265. The third-order valence-corrected chi connectivity index (χ3v) is 4.17. The number of hydrogen-bond donors (Lipinski definition) is 0. The fourth-order valence-corrected chi connectivity index (χ4v) is 2.70. The maximum atomic E-state index is 13.5. The zero-order chi connectivity index (χ0) is 18.5. The molecule has 26 heavy (non-hydrogen) atoms. The van der Waals surface area contributed by atoms with Crippen LogP contribution in [0.25, 0.3) is 11.4 Å². The van der Waals surface area contributed by atoms with Gasteiger partial charge in [0.2, 0.25) is 5.82 Å². The van der Waals surface area contributed by atoms with Gasteiger partial charge in [-0.3, -0.25) is 4.79 Å². The van der Waals surface area contributed by atoms with Crippen molar-refractivity contribution in [2.24, 2.45) is 0 Å². The lowest BCUT2D eigenvalue weighted by Gasteiger charge is -2.03. The Hall–Kier alpha value is -2.81. The summed E-state index contributed by atoms with van der Waals surface area (Å²) in [7, 11) is 0. The minimum Gasteiger partial charge on any atom is -0.455 e. The first-order chi connectivity index (χ1) is 12.5. The molecule has 0 atom stereocenters. The molecule has 0 N–H and O–H groups in total. The van der Waals surface area contributed by atoms with Crippen LogP contribution in [-0.4, -0.2) is 21.9 Å². The van der Waals surface area contributed by atoms with Gasteiger partial charge < -0.3 is 9.26 Å². The monoisotopic (exact) mass is 380 g/mol. The molecule has 0 bridgehead atoms. The molecule has 134 valence electrons. The van der Waals surface area contributed by atoms with Crippen LogP contribution >= 0.6 is 11.8 Å². The number of esters is 1. The number of hydrogen-bond acceptors (Lipinski definition) is 6. The van der Waals surface area contributed by atoms with Crippen molar-refractivity contribution in [1.29, 1.82) is 0 Å². The van der Waals surface area contributed by atoms with Crippen LogP contribution in [0.3, 0.4) is 0 Å². The van der Waals surface area contributed by atoms with Crippen molar-refractivity contribution in [3.05, 3.63) is 65.8 Å². The van der Waals surface area contributed by atoms with Gasteiger partial charge in [0.05, 0.1) is 5.75 Å². The number of nitrogens with zero attached hydrogens (tertiary/aromatic N) is 2. The van der Waals surface area contributed by atoms with E-state index < -0.39 is 23.4 Å². The standard InChI is InChI=1S/C17H11F3N2O3S/c18-11-3-1-10(2-4-11)17-21-15(25-22-17)8-24-16(23)9-26-14-7-12(19)5-6-13(14)20/h1-7H,8-9H2. The van der Waals surface area contributed by atoms with E-state index in [9.17, 15) is 18.0 Å². The van der Waals surface area contributed by atoms with Gasteiger partial charge in [0.15, 0.2) is 6.61 Å². The molecule has 0 fully saturated rings. The lowest BCUT2D eigenvalue weighted by Crippen LogP contribution is -2.07. The zero-order valence-electron chi connectivity index (χ0n) is 13.1. The second kappa shape index (κ2) is 8.05. The number of carbonyl (C=O) groups is 1. The van der Waals surface area contributed by atoms with Crippen LogP contribution in [0.5, 0.6) is 0 Å². The summed E-state index contributed by atoms with van der Waals surface area (Å²) in [6.07, 6.45) is 0. The first-order valence-corrected chi connectivity index (χ1v) is 8.32. The molecule has 3 aromatic rings. The molecule has 9 heteroatoms. The normalized spacial score (nSPS) is 10.7. The van der Waals surface area contributed by atoms with E-state index in [0.29, 0.717) is 5.56 Å². The average molecular weight is 380 g/mol. The summed E-state index contributed by atoms with van der Waals surface area (Å²) in [5.74, 6) is -2.18. The summed E-state index contributed by atoms with van der Waals surface area (Å²) >= 11 is 0.816. The number of carbonyl (C=O) groups excluding carboxylic acids is 1. The van der Waals surface area contributed by atoms with Crippen molar-refractivity contribution in [1.82, 2.24) is 10.1 Å². The lowest BCUT2D eigenvalue weighted by atomic mass is 10.2. The van der Waals surface area contributed by atoms with Crippen molar-refractivity contribution in [3.63, 3.8) is 0 Å². The summed E-state index contributed by atoms with van der Waals surface area (Å²) in [4.78, 5) is 15.8. The molecule has 1 aromatic heterocycles.